The third-order valence-electron chi connectivity index (χ3n) is 3.52. The molecular weight excluding hydrogens is 360 g/mol. The van der Waals surface area contributed by atoms with Crippen LogP contribution >= 0.6 is 12.2 Å². The minimum Gasteiger partial charge on any atom is -0.493 e. The van der Waals surface area contributed by atoms with Gasteiger partial charge in [0.1, 0.15) is 11.5 Å². The molecule has 0 fully saturated rings. The number of amides is 1. The Kier molecular flexibility index (Phi) is 8.07. The zero-order valence-corrected chi connectivity index (χ0v) is 16.8. The molecule has 0 aliphatic carbocycles. The summed E-state index contributed by atoms with van der Waals surface area (Å²) < 4.78 is 11.3. The molecule has 0 bridgehead atoms. The molecule has 1 amide bonds. The van der Waals surface area contributed by atoms with Gasteiger partial charge in [0.05, 0.1) is 18.8 Å². The Morgan fingerprint density at radius 1 is 1.07 bits per heavy atom. The van der Waals surface area contributed by atoms with Crippen molar-refractivity contribution < 1.29 is 14.3 Å². The zero-order valence-electron chi connectivity index (χ0n) is 16.0. The number of hydrogen-bond donors (Lipinski definition) is 2. The largest absolute Gasteiger partial charge is 0.493 e. The second kappa shape index (κ2) is 10.5. The third kappa shape index (κ3) is 6.90. The fourth-order valence-electron chi connectivity index (χ4n) is 2.22. The van der Waals surface area contributed by atoms with Crippen LogP contribution in [0.15, 0.2) is 48.5 Å². The quantitative estimate of drug-likeness (QED) is 0.648. The summed E-state index contributed by atoms with van der Waals surface area (Å²) in [6, 6.07) is 14.5. The Labute approximate surface area is 166 Å². The first kappa shape index (κ1) is 20.7. The van der Waals surface area contributed by atoms with Crippen molar-refractivity contribution in [3.63, 3.8) is 0 Å². The van der Waals surface area contributed by atoms with Crippen molar-refractivity contribution in [3.05, 3.63) is 54.1 Å². The van der Waals surface area contributed by atoms with Gasteiger partial charge in [-0.3, -0.25) is 10.1 Å². The molecule has 144 valence electrons. The number of hydrogen-bond acceptors (Lipinski definition) is 4. The predicted molar refractivity (Wildman–Crippen MR) is 113 cm³/mol. The molecule has 0 radical (unpaired) electrons. The van der Waals surface area contributed by atoms with Crippen molar-refractivity contribution in [1.82, 2.24) is 5.32 Å². The molecule has 0 heterocycles. The molecule has 2 aromatic carbocycles. The summed E-state index contributed by atoms with van der Waals surface area (Å²) in [5, 5.41) is 5.91. The van der Waals surface area contributed by atoms with Crippen molar-refractivity contribution in [3.8, 4) is 11.5 Å². The smallest absolute Gasteiger partial charge is 0.261 e. The van der Waals surface area contributed by atoms with Gasteiger partial charge in [0.25, 0.3) is 5.91 Å². The van der Waals surface area contributed by atoms with Gasteiger partial charge in [0.2, 0.25) is 0 Å². The highest BCUT2D eigenvalue weighted by molar-refractivity contribution is 7.80. The van der Waals surface area contributed by atoms with Crippen molar-refractivity contribution >= 4 is 28.9 Å². The van der Waals surface area contributed by atoms with Gasteiger partial charge >= 0.3 is 0 Å². The van der Waals surface area contributed by atoms with Crippen LogP contribution in [0.1, 0.15) is 37.6 Å². The number of carbonyl (C=O) groups is 1. The standard InChI is InChI=1S/C21H26N2O3S/c1-4-13-25-19-8-6-5-7-18(19)20(24)23-21(27)22-16-9-11-17(12-10-16)26-14-15(2)3/h5-12,15H,4,13-14H2,1-3H3,(H2,22,23,24,27). The van der Waals surface area contributed by atoms with Gasteiger partial charge in [-0.15, -0.1) is 0 Å². The highest BCUT2D eigenvalue weighted by Crippen LogP contribution is 2.19. The number of rotatable bonds is 8. The van der Waals surface area contributed by atoms with Crippen LogP contribution in [0.2, 0.25) is 0 Å². The SMILES string of the molecule is CCCOc1ccccc1C(=O)NC(=S)Nc1ccc(OCC(C)C)cc1. The molecule has 2 N–H and O–H groups in total. The molecule has 27 heavy (non-hydrogen) atoms. The Morgan fingerprint density at radius 3 is 2.44 bits per heavy atom. The van der Waals surface area contributed by atoms with E-state index < -0.39 is 0 Å². The van der Waals surface area contributed by atoms with Gasteiger partial charge in [0, 0.05) is 5.69 Å². The van der Waals surface area contributed by atoms with E-state index in [1.165, 1.54) is 0 Å². The molecular formula is C21H26N2O3S. The van der Waals surface area contributed by atoms with E-state index in [4.69, 9.17) is 21.7 Å². The highest BCUT2D eigenvalue weighted by Gasteiger charge is 2.13. The van der Waals surface area contributed by atoms with Crippen LogP contribution in [-0.2, 0) is 0 Å². The number of thiocarbonyl (C=S) groups is 1. The van der Waals surface area contributed by atoms with Gasteiger partial charge in [0.15, 0.2) is 5.11 Å². The number of carbonyl (C=O) groups excluding carboxylic acids is 1. The average molecular weight is 387 g/mol. The summed E-state index contributed by atoms with van der Waals surface area (Å²) in [7, 11) is 0. The third-order valence-corrected chi connectivity index (χ3v) is 3.72. The molecule has 2 rings (SSSR count). The topological polar surface area (TPSA) is 59.6 Å². The second-order valence-electron chi connectivity index (χ2n) is 6.48. The van der Waals surface area contributed by atoms with Crippen molar-refractivity contribution in [2.75, 3.05) is 18.5 Å². The molecule has 2 aromatic rings. The molecule has 0 spiro atoms. The molecule has 0 aliphatic heterocycles. The van der Waals surface area contributed by atoms with Crippen LogP contribution < -0.4 is 20.1 Å². The van der Waals surface area contributed by atoms with Gasteiger partial charge < -0.3 is 14.8 Å². The van der Waals surface area contributed by atoms with Crippen molar-refractivity contribution in [2.24, 2.45) is 5.92 Å². The van der Waals surface area contributed by atoms with Crippen molar-refractivity contribution in [2.45, 2.75) is 27.2 Å². The van der Waals surface area contributed by atoms with Crippen LogP contribution in [0.3, 0.4) is 0 Å². The number of benzene rings is 2. The molecule has 6 heteroatoms. The molecule has 0 saturated carbocycles. The van der Waals surface area contributed by atoms with E-state index in [1.807, 2.05) is 37.3 Å². The van der Waals surface area contributed by atoms with Gasteiger partial charge in [-0.1, -0.05) is 32.9 Å². The van der Waals surface area contributed by atoms with Gasteiger partial charge in [-0.2, -0.15) is 0 Å². The van der Waals surface area contributed by atoms with E-state index in [1.54, 1.807) is 18.2 Å². The van der Waals surface area contributed by atoms with Crippen molar-refractivity contribution in [1.29, 1.82) is 0 Å². The molecule has 5 nitrogen and oxygen atoms in total. The van der Waals surface area contributed by atoms with E-state index in [0.717, 1.165) is 17.9 Å². The minimum absolute atomic E-state index is 0.223. The first-order valence-electron chi connectivity index (χ1n) is 9.06. The second-order valence-corrected chi connectivity index (χ2v) is 6.89. The van der Waals surface area contributed by atoms with E-state index >= 15 is 0 Å². The predicted octanol–water partition coefficient (Wildman–Crippen LogP) is 4.64. The van der Waals surface area contributed by atoms with Crippen LogP contribution in [0.4, 0.5) is 5.69 Å². The lowest BCUT2D eigenvalue weighted by atomic mass is 10.2. The minimum atomic E-state index is -0.309. The number of para-hydroxylation sites is 1. The van der Waals surface area contributed by atoms with Crippen LogP contribution in [0, 0.1) is 5.92 Å². The summed E-state index contributed by atoms with van der Waals surface area (Å²) >= 11 is 5.25. The molecule has 0 aromatic heterocycles. The maximum Gasteiger partial charge on any atom is 0.261 e. The lowest BCUT2D eigenvalue weighted by Gasteiger charge is -2.13. The summed E-state index contributed by atoms with van der Waals surface area (Å²) in [4.78, 5) is 12.5. The van der Waals surface area contributed by atoms with Crippen LogP contribution in [0.5, 0.6) is 11.5 Å². The van der Waals surface area contributed by atoms with Crippen LogP contribution in [-0.4, -0.2) is 24.2 Å². The highest BCUT2D eigenvalue weighted by atomic mass is 32.1. The molecule has 0 aliphatic rings. The Hall–Kier alpha value is -2.60. The number of anilines is 1. The Morgan fingerprint density at radius 2 is 1.78 bits per heavy atom. The summed E-state index contributed by atoms with van der Waals surface area (Å²) in [5.74, 6) is 1.50. The molecule has 0 unspecified atom stereocenters. The van der Waals surface area contributed by atoms with Crippen LogP contribution in [0.25, 0.3) is 0 Å². The summed E-state index contributed by atoms with van der Waals surface area (Å²) in [6.45, 7) is 7.44. The zero-order chi connectivity index (χ0) is 19.6. The Bertz CT molecular complexity index is 760. The van der Waals surface area contributed by atoms with Gasteiger partial charge in [-0.05, 0) is 61.0 Å². The first-order chi connectivity index (χ1) is 13.0. The summed E-state index contributed by atoms with van der Waals surface area (Å²) in [6.07, 6.45) is 0.868. The van der Waals surface area contributed by atoms with E-state index in [-0.39, 0.29) is 11.0 Å². The normalized spacial score (nSPS) is 10.4. The lowest BCUT2D eigenvalue weighted by molar-refractivity contribution is 0.0973. The van der Waals surface area contributed by atoms with E-state index in [0.29, 0.717) is 30.4 Å². The Balaban J connectivity index is 1.92. The first-order valence-corrected chi connectivity index (χ1v) is 9.47. The maximum atomic E-state index is 12.5. The number of nitrogens with one attached hydrogen (secondary N) is 2. The fourth-order valence-corrected chi connectivity index (χ4v) is 2.43. The summed E-state index contributed by atoms with van der Waals surface area (Å²) in [5.41, 5.74) is 1.22. The lowest BCUT2D eigenvalue weighted by Crippen LogP contribution is -2.34. The van der Waals surface area contributed by atoms with E-state index in [2.05, 4.69) is 24.5 Å². The number of ether oxygens (including phenoxy) is 2. The van der Waals surface area contributed by atoms with Gasteiger partial charge in [-0.25, -0.2) is 0 Å². The monoisotopic (exact) mass is 386 g/mol. The average Bonchev–Trinajstić information content (AvgIpc) is 2.65. The van der Waals surface area contributed by atoms with E-state index in [9.17, 15) is 4.79 Å². The molecule has 0 saturated heterocycles. The molecule has 0 atom stereocenters. The fraction of sp³-hybridized carbons (Fsp3) is 0.333. The maximum absolute atomic E-state index is 12.5.